The number of nitrogens with two attached hydrogens (primary N) is 1. The van der Waals surface area contributed by atoms with Crippen LogP contribution in [0.15, 0.2) is 17.3 Å². The molecule has 1 aromatic rings. The maximum absolute atomic E-state index is 9.10. The second-order valence-electron chi connectivity index (χ2n) is 2.70. The fraction of sp³-hybridized carbons (Fsp3) is 0.375. The molecule has 1 heterocycles. The van der Waals surface area contributed by atoms with E-state index in [0.29, 0.717) is 21.5 Å². The van der Waals surface area contributed by atoms with Crippen LogP contribution < -0.4 is 5.73 Å². The fourth-order valence-corrected chi connectivity index (χ4v) is 1.77. The molecule has 0 aliphatic rings. The van der Waals surface area contributed by atoms with Crippen LogP contribution in [-0.4, -0.2) is 33.7 Å². The van der Waals surface area contributed by atoms with Crippen LogP contribution in [0.2, 0.25) is 5.02 Å². The second kappa shape index (κ2) is 5.41. The van der Waals surface area contributed by atoms with E-state index in [9.17, 15) is 0 Å². The zero-order valence-electron chi connectivity index (χ0n) is 7.35. The molecule has 0 amide bonds. The molecule has 78 valence electrons. The molecule has 4 N–H and O–H groups in total. The van der Waals surface area contributed by atoms with Crippen molar-refractivity contribution in [2.45, 2.75) is 11.1 Å². The predicted octanol–water partition coefficient (Wildman–Crippen LogP) is 0.762. The van der Waals surface area contributed by atoms with E-state index in [0.717, 1.165) is 0 Å². The molecule has 1 rings (SSSR count). The molecule has 0 saturated heterocycles. The van der Waals surface area contributed by atoms with E-state index < -0.39 is 6.10 Å². The highest BCUT2D eigenvalue weighted by molar-refractivity contribution is 7.99. The van der Waals surface area contributed by atoms with E-state index in [1.807, 2.05) is 0 Å². The van der Waals surface area contributed by atoms with Crippen LogP contribution in [0.1, 0.15) is 0 Å². The first kappa shape index (κ1) is 11.6. The minimum atomic E-state index is -0.753. The van der Waals surface area contributed by atoms with Crippen molar-refractivity contribution in [1.82, 2.24) is 4.98 Å². The summed E-state index contributed by atoms with van der Waals surface area (Å²) in [7, 11) is 0. The third kappa shape index (κ3) is 3.34. The number of aliphatic hydroxyl groups excluding tert-OH is 2. The molecule has 0 fully saturated rings. The lowest BCUT2D eigenvalue weighted by atomic mass is 10.4. The average Bonchev–Trinajstić information content (AvgIpc) is 2.16. The molecular weight excluding hydrogens is 224 g/mol. The summed E-state index contributed by atoms with van der Waals surface area (Å²) in [6.07, 6.45) is 0.739. The number of nitrogen functional groups attached to an aromatic ring is 1. The smallest absolute Gasteiger partial charge is 0.119 e. The molecule has 0 radical (unpaired) electrons. The Hall–Kier alpha value is -0.490. The summed E-state index contributed by atoms with van der Waals surface area (Å²) in [6.45, 7) is -0.263. The first-order chi connectivity index (χ1) is 6.63. The number of nitrogens with zero attached hydrogens (tertiary/aromatic N) is 1. The maximum atomic E-state index is 9.10. The number of hydrogen-bond donors (Lipinski definition) is 3. The number of halogens is 1. The zero-order chi connectivity index (χ0) is 10.6. The number of rotatable bonds is 4. The summed E-state index contributed by atoms with van der Waals surface area (Å²) in [5.41, 5.74) is 6.12. The number of pyridine rings is 1. The van der Waals surface area contributed by atoms with E-state index in [2.05, 4.69) is 4.98 Å². The second-order valence-corrected chi connectivity index (χ2v) is 4.14. The van der Waals surface area contributed by atoms with Gasteiger partial charge in [0.05, 0.1) is 23.4 Å². The third-order valence-corrected chi connectivity index (χ3v) is 2.84. The Kier molecular flexibility index (Phi) is 4.47. The van der Waals surface area contributed by atoms with Crippen molar-refractivity contribution in [3.8, 4) is 0 Å². The van der Waals surface area contributed by atoms with Gasteiger partial charge in [-0.15, -0.1) is 11.8 Å². The van der Waals surface area contributed by atoms with Crippen molar-refractivity contribution in [3.05, 3.63) is 17.3 Å². The third-order valence-electron chi connectivity index (χ3n) is 1.47. The highest BCUT2D eigenvalue weighted by Gasteiger charge is 2.06. The van der Waals surface area contributed by atoms with Gasteiger partial charge in [0.1, 0.15) is 5.03 Å². The Bertz CT molecular complexity index is 311. The number of aromatic nitrogens is 1. The van der Waals surface area contributed by atoms with Crippen LogP contribution in [0.25, 0.3) is 0 Å². The molecule has 0 spiro atoms. The SMILES string of the molecule is Nc1cc(Cl)cnc1SCC(O)CO. The Morgan fingerprint density at radius 3 is 2.93 bits per heavy atom. The summed E-state index contributed by atoms with van der Waals surface area (Å²) >= 11 is 6.95. The Balaban J connectivity index is 2.59. The van der Waals surface area contributed by atoms with Crippen LogP contribution >= 0.6 is 23.4 Å². The van der Waals surface area contributed by atoms with Gasteiger partial charge in [-0.25, -0.2) is 4.98 Å². The van der Waals surface area contributed by atoms with Gasteiger partial charge >= 0.3 is 0 Å². The molecule has 4 nitrogen and oxygen atoms in total. The normalized spacial score (nSPS) is 12.8. The van der Waals surface area contributed by atoms with Gasteiger partial charge < -0.3 is 15.9 Å². The quantitative estimate of drug-likeness (QED) is 0.671. The molecule has 1 aromatic heterocycles. The van der Waals surface area contributed by atoms with Crippen molar-refractivity contribution in [1.29, 1.82) is 0 Å². The Morgan fingerprint density at radius 1 is 1.64 bits per heavy atom. The molecule has 0 aliphatic heterocycles. The molecule has 1 atom stereocenters. The minimum absolute atomic E-state index is 0.263. The van der Waals surface area contributed by atoms with Crippen LogP contribution in [0.3, 0.4) is 0 Å². The van der Waals surface area contributed by atoms with Crippen molar-refractivity contribution < 1.29 is 10.2 Å². The van der Waals surface area contributed by atoms with E-state index in [1.165, 1.54) is 18.0 Å². The molecule has 0 aromatic carbocycles. The van der Waals surface area contributed by atoms with Crippen molar-refractivity contribution in [3.63, 3.8) is 0 Å². The van der Waals surface area contributed by atoms with Crippen LogP contribution in [0.4, 0.5) is 5.69 Å². The van der Waals surface area contributed by atoms with Crippen molar-refractivity contribution in [2.24, 2.45) is 0 Å². The lowest BCUT2D eigenvalue weighted by molar-refractivity contribution is 0.113. The Labute approximate surface area is 91.1 Å². The van der Waals surface area contributed by atoms with E-state index in [-0.39, 0.29) is 6.61 Å². The van der Waals surface area contributed by atoms with Gasteiger partial charge in [0.2, 0.25) is 0 Å². The fourth-order valence-electron chi connectivity index (χ4n) is 0.791. The summed E-state index contributed by atoms with van der Waals surface area (Å²) < 4.78 is 0. The largest absolute Gasteiger partial charge is 0.397 e. The zero-order valence-corrected chi connectivity index (χ0v) is 8.92. The minimum Gasteiger partial charge on any atom is -0.397 e. The van der Waals surface area contributed by atoms with E-state index >= 15 is 0 Å². The summed E-state index contributed by atoms with van der Waals surface area (Å²) in [5.74, 6) is 0.356. The molecule has 0 bridgehead atoms. The van der Waals surface area contributed by atoms with Gasteiger partial charge in [0, 0.05) is 11.9 Å². The Morgan fingerprint density at radius 2 is 2.36 bits per heavy atom. The van der Waals surface area contributed by atoms with Gasteiger partial charge in [-0.1, -0.05) is 11.6 Å². The molecule has 6 heteroatoms. The number of anilines is 1. The molecule has 0 aliphatic carbocycles. The van der Waals surface area contributed by atoms with E-state index in [1.54, 1.807) is 6.07 Å². The number of hydrogen-bond acceptors (Lipinski definition) is 5. The number of thioether (sulfide) groups is 1. The summed E-state index contributed by atoms with van der Waals surface area (Å²) in [5, 5.41) is 18.8. The summed E-state index contributed by atoms with van der Waals surface area (Å²) in [4.78, 5) is 4.00. The summed E-state index contributed by atoms with van der Waals surface area (Å²) in [6, 6.07) is 1.60. The topological polar surface area (TPSA) is 79.4 Å². The average molecular weight is 235 g/mol. The highest BCUT2D eigenvalue weighted by atomic mass is 35.5. The van der Waals surface area contributed by atoms with Gasteiger partial charge in [-0.3, -0.25) is 0 Å². The lowest BCUT2D eigenvalue weighted by Crippen LogP contribution is -2.14. The van der Waals surface area contributed by atoms with Crippen LogP contribution in [0, 0.1) is 0 Å². The van der Waals surface area contributed by atoms with Gasteiger partial charge in [0.15, 0.2) is 0 Å². The first-order valence-corrected chi connectivity index (χ1v) is 5.32. The lowest BCUT2D eigenvalue weighted by Gasteiger charge is -2.07. The molecular formula is C8H11ClN2O2S. The maximum Gasteiger partial charge on any atom is 0.119 e. The van der Waals surface area contributed by atoms with Crippen LogP contribution in [0.5, 0.6) is 0 Å². The van der Waals surface area contributed by atoms with Gasteiger partial charge in [-0.05, 0) is 6.07 Å². The van der Waals surface area contributed by atoms with Crippen LogP contribution in [-0.2, 0) is 0 Å². The van der Waals surface area contributed by atoms with Gasteiger partial charge in [0.25, 0.3) is 0 Å². The molecule has 0 saturated carbocycles. The number of aliphatic hydroxyl groups is 2. The van der Waals surface area contributed by atoms with Crippen molar-refractivity contribution >= 4 is 29.1 Å². The predicted molar refractivity (Wildman–Crippen MR) is 57.5 cm³/mol. The molecule has 1 unspecified atom stereocenters. The highest BCUT2D eigenvalue weighted by Crippen LogP contribution is 2.25. The molecule has 14 heavy (non-hydrogen) atoms. The standard InChI is InChI=1S/C8H11ClN2O2S/c9-5-1-7(10)8(11-2-5)14-4-6(13)3-12/h1-2,6,12-13H,3-4,10H2. The van der Waals surface area contributed by atoms with Gasteiger partial charge in [-0.2, -0.15) is 0 Å². The van der Waals surface area contributed by atoms with Crippen molar-refractivity contribution in [2.75, 3.05) is 18.1 Å². The van der Waals surface area contributed by atoms with E-state index in [4.69, 9.17) is 27.5 Å². The monoisotopic (exact) mass is 234 g/mol. The first-order valence-electron chi connectivity index (χ1n) is 3.96.